The fourth-order valence-corrected chi connectivity index (χ4v) is 2.55. The first-order valence-electron chi connectivity index (χ1n) is 6.66. The Labute approximate surface area is 117 Å². The van der Waals surface area contributed by atoms with E-state index in [1.54, 1.807) is 14.2 Å². The lowest BCUT2D eigenvalue weighted by Gasteiger charge is -2.35. The van der Waals surface area contributed by atoms with E-state index in [1.807, 2.05) is 6.07 Å². The van der Waals surface area contributed by atoms with Gasteiger partial charge in [-0.05, 0) is 30.4 Å². The predicted octanol–water partition coefficient (Wildman–Crippen LogP) is 3.37. The molecule has 1 aromatic rings. The first-order valence-corrected chi connectivity index (χ1v) is 6.66. The smallest absolute Gasteiger partial charge is 0.126 e. The van der Waals surface area contributed by atoms with Crippen LogP contribution in [0.4, 0.5) is 0 Å². The fraction of sp³-hybridized carbons (Fsp3) is 0.625. The largest absolute Gasteiger partial charge is 0.496 e. The van der Waals surface area contributed by atoms with Crippen LogP contribution in [-0.4, -0.2) is 20.3 Å². The second-order valence-electron chi connectivity index (χ2n) is 6.18. The lowest BCUT2D eigenvalue weighted by atomic mass is 9.81. The maximum Gasteiger partial charge on any atom is 0.126 e. The van der Waals surface area contributed by atoms with E-state index in [1.165, 1.54) is 5.56 Å². The molecule has 3 heteroatoms. The standard InChI is InChI=1S/C16H27NO2/c1-10-8-9-12(14(18-6)11(10)2)13(17)15(19-7)16(3,4)5/h8-9,13,15H,17H2,1-7H3. The van der Waals surface area contributed by atoms with E-state index in [9.17, 15) is 0 Å². The van der Waals surface area contributed by atoms with Crippen LogP contribution in [0.1, 0.15) is 43.5 Å². The van der Waals surface area contributed by atoms with Crippen LogP contribution >= 0.6 is 0 Å². The van der Waals surface area contributed by atoms with Gasteiger partial charge in [0.2, 0.25) is 0 Å². The van der Waals surface area contributed by atoms with E-state index in [-0.39, 0.29) is 17.6 Å². The number of ether oxygens (including phenoxy) is 2. The van der Waals surface area contributed by atoms with Crippen molar-refractivity contribution in [3.8, 4) is 5.75 Å². The van der Waals surface area contributed by atoms with Crippen molar-refractivity contribution < 1.29 is 9.47 Å². The fourth-order valence-electron chi connectivity index (χ4n) is 2.55. The van der Waals surface area contributed by atoms with E-state index < -0.39 is 0 Å². The Kier molecular flexibility index (Phi) is 4.99. The quantitative estimate of drug-likeness (QED) is 0.907. The number of rotatable bonds is 4. The van der Waals surface area contributed by atoms with Crippen molar-refractivity contribution in [2.24, 2.45) is 11.1 Å². The number of aryl methyl sites for hydroxylation is 1. The topological polar surface area (TPSA) is 44.5 Å². The molecular weight excluding hydrogens is 238 g/mol. The summed E-state index contributed by atoms with van der Waals surface area (Å²) < 4.78 is 11.2. The Morgan fingerprint density at radius 3 is 2.11 bits per heavy atom. The lowest BCUT2D eigenvalue weighted by molar-refractivity contribution is -0.00290. The van der Waals surface area contributed by atoms with Crippen molar-refractivity contribution in [2.75, 3.05) is 14.2 Å². The van der Waals surface area contributed by atoms with E-state index in [0.29, 0.717) is 0 Å². The van der Waals surface area contributed by atoms with Gasteiger partial charge in [-0.2, -0.15) is 0 Å². The Balaban J connectivity index is 3.26. The molecule has 2 N–H and O–H groups in total. The van der Waals surface area contributed by atoms with Crippen molar-refractivity contribution in [1.29, 1.82) is 0 Å². The Morgan fingerprint density at radius 2 is 1.68 bits per heavy atom. The maximum atomic E-state index is 6.43. The molecule has 3 nitrogen and oxygen atoms in total. The molecule has 0 aliphatic carbocycles. The van der Waals surface area contributed by atoms with Crippen LogP contribution in [0.2, 0.25) is 0 Å². The zero-order chi connectivity index (χ0) is 14.8. The van der Waals surface area contributed by atoms with Crippen LogP contribution in [0.5, 0.6) is 5.75 Å². The second-order valence-corrected chi connectivity index (χ2v) is 6.18. The molecule has 0 amide bonds. The van der Waals surface area contributed by atoms with Gasteiger partial charge < -0.3 is 15.2 Å². The van der Waals surface area contributed by atoms with Crippen molar-refractivity contribution in [3.63, 3.8) is 0 Å². The van der Waals surface area contributed by atoms with Gasteiger partial charge >= 0.3 is 0 Å². The first kappa shape index (κ1) is 16.0. The summed E-state index contributed by atoms with van der Waals surface area (Å²) in [5, 5.41) is 0. The third-order valence-electron chi connectivity index (χ3n) is 3.70. The van der Waals surface area contributed by atoms with Crippen molar-refractivity contribution in [1.82, 2.24) is 0 Å². The number of hydrogen-bond donors (Lipinski definition) is 1. The molecule has 0 aliphatic heterocycles. The Hall–Kier alpha value is -1.06. The summed E-state index contributed by atoms with van der Waals surface area (Å²) in [6.07, 6.45) is -0.0662. The molecule has 0 fully saturated rings. The minimum Gasteiger partial charge on any atom is -0.496 e. The van der Waals surface area contributed by atoms with Gasteiger partial charge in [-0.3, -0.25) is 0 Å². The third-order valence-corrected chi connectivity index (χ3v) is 3.70. The summed E-state index contributed by atoms with van der Waals surface area (Å²) in [6.45, 7) is 10.5. The van der Waals surface area contributed by atoms with Crippen molar-refractivity contribution >= 4 is 0 Å². The van der Waals surface area contributed by atoms with Gasteiger partial charge in [0.15, 0.2) is 0 Å². The number of hydrogen-bond acceptors (Lipinski definition) is 3. The molecule has 0 aromatic heterocycles. The summed E-state index contributed by atoms with van der Waals surface area (Å²) in [5.41, 5.74) is 9.75. The molecule has 0 saturated carbocycles. The minimum absolute atomic E-state index is 0.0298. The highest BCUT2D eigenvalue weighted by molar-refractivity contribution is 5.47. The Morgan fingerprint density at radius 1 is 1.11 bits per heavy atom. The summed E-state index contributed by atoms with van der Waals surface area (Å²) in [5.74, 6) is 0.874. The summed E-state index contributed by atoms with van der Waals surface area (Å²) in [7, 11) is 3.40. The molecule has 0 spiro atoms. The monoisotopic (exact) mass is 265 g/mol. The zero-order valence-corrected chi connectivity index (χ0v) is 13.2. The van der Waals surface area contributed by atoms with Gasteiger partial charge in [-0.15, -0.1) is 0 Å². The highest BCUT2D eigenvalue weighted by Gasteiger charge is 2.32. The predicted molar refractivity (Wildman–Crippen MR) is 79.6 cm³/mol. The maximum absolute atomic E-state index is 6.43. The molecule has 0 aliphatic rings. The summed E-state index contributed by atoms with van der Waals surface area (Å²) in [4.78, 5) is 0. The SMILES string of the molecule is COc1c(C(N)C(OC)C(C)(C)C)ccc(C)c1C. The van der Waals surface area contributed by atoms with Crippen molar-refractivity contribution in [3.05, 3.63) is 28.8 Å². The molecule has 0 bridgehead atoms. The molecule has 108 valence electrons. The molecule has 0 saturated heterocycles. The van der Waals surface area contributed by atoms with Gasteiger partial charge in [-0.25, -0.2) is 0 Å². The highest BCUT2D eigenvalue weighted by Crippen LogP contribution is 2.37. The normalized spacial score (nSPS) is 15.2. The molecular formula is C16H27NO2. The van der Waals surface area contributed by atoms with Crippen LogP contribution in [-0.2, 0) is 4.74 Å². The Bertz CT molecular complexity index is 435. The van der Waals surface area contributed by atoms with Gasteiger partial charge in [-0.1, -0.05) is 32.9 Å². The molecule has 1 rings (SSSR count). The third kappa shape index (κ3) is 3.28. The summed E-state index contributed by atoms with van der Waals surface area (Å²) in [6, 6.07) is 3.92. The van der Waals surface area contributed by atoms with E-state index in [2.05, 4.69) is 40.7 Å². The zero-order valence-electron chi connectivity index (χ0n) is 13.2. The molecule has 0 radical (unpaired) electrons. The van der Waals surface area contributed by atoms with Gasteiger partial charge in [0.25, 0.3) is 0 Å². The van der Waals surface area contributed by atoms with Gasteiger partial charge in [0.05, 0.1) is 19.3 Å². The summed E-state index contributed by atoms with van der Waals surface area (Å²) >= 11 is 0. The van der Waals surface area contributed by atoms with E-state index in [4.69, 9.17) is 15.2 Å². The second kappa shape index (κ2) is 5.93. The van der Waals surface area contributed by atoms with Crippen molar-refractivity contribution in [2.45, 2.75) is 46.8 Å². The number of methoxy groups -OCH3 is 2. The van der Waals surface area contributed by atoms with Crippen LogP contribution in [0.15, 0.2) is 12.1 Å². The molecule has 2 unspecified atom stereocenters. The molecule has 19 heavy (non-hydrogen) atoms. The molecule has 2 atom stereocenters. The number of benzene rings is 1. The minimum atomic E-state index is -0.209. The number of nitrogens with two attached hydrogens (primary N) is 1. The van der Waals surface area contributed by atoms with Crippen LogP contribution in [0.3, 0.4) is 0 Å². The van der Waals surface area contributed by atoms with Crippen LogP contribution in [0, 0.1) is 19.3 Å². The van der Waals surface area contributed by atoms with Gasteiger partial charge in [0.1, 0.15) is 5.75 Å². The van der Waals surface area contributed by atoms with Crippen LogP contribution < -0.4 is 10.5 Å². The lowest BCUT2D eigenvalue weighted by Crippen LogP contribution is -2.38. The van der Waals surface area contributed by atoms with E-state index in [0.717, 1.165) is 16.9 Å². The highest BCUT2D eigenvalue weighted by atomic mass is 16.5. The molecule has 1 aromatic carbocycles. The average Bonchev–Trinajstić information content (AvgIpc) is 2.31. The van der Waals surface area contributed by atoms with Crippen LogP contribution in [0.25, 0.3) is 0 Å². The molecule has 0 heterocycles. The van der Waals surface area contributed by atoms with E-state index >= 15 is 0 Å². The first-order chi connectivity index (χ1) is 8.73. The average molecular weight is 265 g/mol. The van der Waals surface area contributed by atoms with Gasteiger partial charge in [0, 0.05) is 12.7 Å².